The third kappa shape index (κ3) is 4.37. The predicted molar refractivity (Wildman–Crippen MR) is 98.6 cm³/mol. The number of carbonyl (C=O) groups is 1. The van der Waals surface area contributed by atoms with E-state index in [2.05, 4.69) is 4.98 Å². The van der Waals surface area contributed by atoms with Crippen molar-refractivity contribution in [2.75, 3.05) is 18.8 Å². The predicted octanol–water partition coefficient (Wildman–Crippen LogP) is 3.22. The average molecular weight is 360 g/mol. The van der Waals surface area contributed by atoms with Gasteiger partial charge in [-0.1, -0.05) is 18.2 Å². The van der Waals surface area contributed by atoms with E-state index < -0.39 is 10.8 Å². The highest BCUT2D eigenvalue weighted by Crippen LogP contribution is 2.25. The molecule has 0 N–H and O–H groups in total. The van der Waals surface area contributed by atoms with Gasteiger partial charge in [-0.2, -0.15) is 0 Å². The van der Waals surface area contributed by atoms with E-state index in [0.29, 0.717) is 17.3 Å². The van der Waals surface area contributed by atoms with Crippen molar-refractivity contribution in [1.29, 1.82) is 0 Å². The van der Waals surface area contributed by atoms with Crippen LogP contribution >= 0.6 is 0 Å². The maximum Gasteiger partial charge on any atom is 0.235 e. The van der Waals surface area contributed by atoms with Gasteiger partial charge < -0.3 is 9.32 Å². The molecule has 0 bridgehead atoms. The van der Waals surface area contributed by atoms with Gasteiger partial charge in [0.15, 0.2) is 0 Å². The minimum absolute atomic E-state index is 0.0155. The molecule has 2 heterocycles. The van der Waals surface area contributed by atoms with Crippen LogP contribution in [0.5, 0.6) is 0 Å². The first-order valence-corrected chi connectivity index (χ1v) is 10.2. The summed E-state index contributed by atoms with van der Waals surface area (Å²) in [6.45, 7) is 5.41. The number of amides is 1. The van der Waals surface area contributed by atoms with E-state index >= 15 is 0 Å². The van der Waals surface area contributed by atoms with Gasteiger partial charge in [0, 0.05) is 29.5 Å². The molecule has 0 spiro atoms. The van der Waals surface area contributed by atoms with Crippen LogP contribution in [0.4, 0.5) is 0 Å². The van der Waals surface area contributed by atoms with Crippen molar-refractivity contribution in [2.24, 2.45) is 0 Å². The number of hydrogen-bond acceptors (Lipinski definition) is 4. The van der Waals surface area contributed by atoms with Gasteiger partial charge in [-0.15, -0.1) is 0 Å². The topological polar surface area (TPSA) is 63.4 Å². The summed E-state index contributed by atoms with van der Waals surface area (Å²) < 4.78 is 18.2. The van der Waals surface area contributed by atoms with Gasteiger partial charge in [0.2, 0.25) is 11.8 Å². The molecule has 0 saturated carbocycles. The van der Waals surface area contributed by atoms with Crippen molar-refractivity contribution in [1.82, 2.24) is 9.88 Å². The van der Waals surface area contributed by atoms with Crippen LogP contribution in [0.1, 0.15) is 36.3 Å². The molecule has 0 radical (unpaired) electrons. The third-order valence-electron chi connectivity index (χ3n) is 4.56. The van der Waals surface area contributed by atoms with Gasteiger partial charge in [-0.3, -0.25) is 9.00 Å². The minimum atomic E-state index is -1.28. The fourth-order valence-corrected chi connectivity index (χ4v) is 4.20. The van der Waals surface area contributed by atoms with Crippen molar-refractivity contribution in [2.45, 2.75) is 38.9 Å². The molecule has 1 saturated heterocycles. The molecular weight excluding hydrogens is 336 g/mol. The van der Waals surface area contributed by atoms with Crippen molar-refractivity contribution in [3.8, 4) is 11.5 Å². The first-order valence-electron chi connectivity index (χ1n) is 8.69. The van der Waals surface area contributed by atoms with Gasteiger partial charge in [-0.05, 0) is 44.7 Å². The quantitative estimate of drug-likeness (QED) is 0.821. The molecule has 3 rings (SSSR count). The Morgan fingerprint density at radius 3 is 2.64 bits per heavy atom. The Bertz CT molecular complexity index is 779. The van der Waals surface area contributed by atoms with Crippen molar-refractivity contribution < 1.29 is 13.4 Å². The number of carbonyl (C=O) groups excluding carboxylic acids is 1. The molecule has 1 amide bonds. The number of oxazole rings is 1. The van der Waals surface area contributed by atoms with E-state index in [-0.39, 0.29) is 17.4 Å². The number of likely N-dealkylation sites (tertiary alicyclic amines) is 1. The second-order valence-corrected chi connectivity index (χ2v) is 7.96. The Morgan fingerprint density at radius 2 is 1.92 bits per heavy atom. The van der Waals surface area contributed by atoms with E-state index in [1.54, 1.807) is 0 Å². The molecule has 2 aromatic rings. The van der Waals surface area contributed by atoms with Crippen LogP contribution in [0.25, 0.3) is 11.5 Å². The lowest BCUT2D eigenvalue weighted by Crippen LogP contribution is -2.38. The van der Waals surface area contributed by atoms with Gasteiger partial charge in [-0.25, -0.2) is 4.98 Å². The molecule has 1 fully saturated rings. The minimum Gasteiger partial charge on any atom is -0.441 e. The zero-order valence-electron chi connectivity index (χ0n) is 14.8. The lowest BCUT2D eigenvalue weighted by atomic mass is 10.1. The molecule has 1 aliphatic rings. The van der Waals surface area contributed by atoms with Crippen LogP contribution in [0, 0.1) is 13.8 Å². The van der Waals surface area contributed by atoms with Crippen LogP contribution < -0.4 is 0 Å². The summed E-state index contributed by atoms with van der Waals surface area (Å²) in [5, 5.41) is 0. The van der Waals surface area contributed by atoms with E-state index in [1.165, 1.54) is 6.42 Å². The Kier molecular flexibility index (Phi) is 5.68. The van der Waals surface area contributed by atoms with E-state index in [1.807, 2.05) is 43.0 Å². The molecule has 1 unspecified atom stereocenters. The summed E-state index contributed by atoms with van der Waals surface area (Å²) in [5.41, 5.74) is 2.69. The summed E-state index contributed by atoms with van der Waals surface area (Å²) in [4.78, 5) is 18.6. The highest BCUT2D eigenvalue weighted by Gasteiger charge is 2.21. The molecule has 1 aliphatic heterocycles. The van der Waals surface area contributed by atoms with E-state index in [9.17, 15) is 9.00 Å². The molecule has 25 heavy (non-hydrogen) atoms. The standard InChI is InChI=1S/C19H24N2O3S/c1-14-8-4-5-9-16(14)19-20-17(15(2)24-19)12-25(23)13-18(22)21-10-6-3-7-11-21/h4-5,8-9H,3,6-7,10-13H2,1-2H3. The number of aromatic nitrogens is 1. The Morgan fingerprint density at radius 1 is 1.20 bits per heavy atom. The summed E-state index contributed by atoms with van der Waals surface area (Å²) in [5.74, 6) is 1.51. The maximum absolute atomic E-state index is 12.4. The second-order valence-electron chi connectivity index (χ2n) is 6.51. The number of rotatable bonds is 5. The zero-order chi connectivity index (χ0) is 17.8. The number of benzene rings is 1. The monoisotopic (exact) mass is 360 g/mol. The summed E-state index contributed by atoms with van der Waals surface area (Å²) in [6, 6.07) is 7.87. The first kappa shape index (κ1) is 17.9. The molecule has 6 heteroatoms. The normalized spacial score (nSPS) is 16.0. The third-order valence-corrected chi connectivity index (χ3v) is 5.72. The Hall–Kier alpha value is -1.95. The highest BCUT2D eigenvalue weighted by atomic mass is 32.2. The number of aryl methyl sites for hydroxylation is 2. The van der Waals surface area contributed by atoms with Crippen LogP contribution in [0.15, 0.2) is 28.7 Å². The van der Waals surface area contributed by atoms with Gasteiger partial charge in [0.05, 0.1) is 11.4 Å². The summed E-state index contributed by atoms with van der Waals surface area (Å²) in [6.07, 6.45) is 3.26. The van der Waals surface area contributed by atoms with E-state index in [4.69, 9.17) is 4.42 Å². The zero-order valence-corrected chi connectivity index (χ0v) is 15.6. The largest absolute Gasteiger partial charge is 0.441 e. The molecule has 1 atom stereocenters. The van der Waals surface area contributed by atoms with Crippen LogP contribution in [-0.2, 0) is 21.3 Å². The smallest absolute Gasteiger partial charge is 0.235 e. The van der Waals surface area contributed by atoms with Crippen LogP contribution in [0.3, 0.4) is 0 Å². The Labute approximate surface area is 150 Å². The number of piperidine rings is 1. The number of nitrogens with zero attached hydrogens (tertiary/aromatic N) is 2. The molecule has 1 aromatic carbocycles. The maximum atomic E-state index is 12.4. The first-order chi connectivity index (χ1) is 12.0. The average Bonchev–Trinajstić information content (AvgIpc) is 2.96. The van der Waals surface area contributed by atoms with Crippen LogP contribution in [0.2, 0.25) is 0 Å². The molecule has 1 aromatic heterocycles. The fourth-order valence-electron chi connectivity index (χ4n) is 3.07. The summed E-state index contributed by atoms with van der Waals surface area (Å²) >= 11 is 0. The Balaban J connectivity index is 1.65. The number of hydrogen-bond donors (Lipinski definition) is 0. The van der Waals surface area contributed by atoms with Crippen molar-refractivity contribution >= 4 is 16.7 Å². The lowest BCUT2D eigenvalue weighted by Gasteiger charge is -2.26. The molecule has 134 valence electrons. The van der Waals surface area contributed by atoms with Gasteiger partial charge in [0.1, 0.15) is 11.5 Å². The van der Waals surface area contributed by atoms with Crippen LogP contribution in [-0.4, -0.2) is 38.8 Å². The van der Waals surface area contributed by atoms with E-state index in [0.717, 1.165) is 37.1 Å². The molecule has 5 nitrogen and oxygen atoms in total. The van der Waals surface area contributed by atoms with Crippen molar-refractivity contribution in [3.05, 3.63) is 41.3 Å². The fraction of sp³-hybridized carbons (Fsp3) is 0.474. The van der Waals surface area contributed by atoms with Gasteiger partial charge >= 0.3 is 0 Å². The van der Waals surface area contributed by atoms with Gasteiger partial charge in [0.25, 0.3) is 0 Å². The highest BCUT2D eigenvalue weighted by molar-refractivity contribution is 7.84. The molecule has 0 aliphatic carbocycles. The molecular formula is C19H24N2O3S. The summed E-state index contributed by atoms with van der Waals surface area (Å²) in [7, 11) is -1.28. The lowest BCUT2D eigenvalue weighted by molar-refractivity contribution is -0.129. The SMILES string of the molecule is Cc1ccccc1-c1nc(CS(=O)CC(=O)N2CCCCC2)c(C)o1. The second kappa shape index (κ2) is 7.95. The van der Waals surface area contributed by atoms with Crippen molar-refractivity contribution in [3.63, 3.8) is 0 Å².